The van der Waals surface area contributed by atoms with Crippen LogP contribution >= 0.6 is 11.3 Å². The maximum Gasteiger partial charge on any atom is 0.254 e. The van der Waals surface area contributed by atoms with Gasteiger partial charge in [0.2, 0.25) is 0 Å². The summed E-state index contributed by atoms with van der Waals surface area (Å²) in [6, 6.07) is 1.82. The Bertz CT molecular complexity index is 519. The van der Waals surface area contributed by atoms with Gasteiger partial charge in [-0.1, -0.05) is 11.8 Å². The van der Waals surface area contributed by atoms with Gasteiger partial charge in [0.15, 0.2) is 0 Å². The molecule has 1 aliphatic rings. The quantitative estimate of drug-likeness (QED) is 0.845. The van der Waals surface area contributed by atoms with Gasteiger partial charge in [0, 0.05) is 24.9 Å². The van der Waals surface area contributed by atoms with Crippen LogP contribution in [0.4, 0.5) is 0 Å². The SMILES string of the molecule is CC1CN(C(=O)c2csc(C#CCCO)c2)CC(C)O1. The van der Waals surface area contributed by atoms with Crippen molar-refractivity contribution in [3.05, 3.63) is 21.9 Å². The van der Waals surface area contributed by atoms with Crippen molar-refractivity contribution in [1.29, 1.82) is 0 Å². The van der Waals surface area contributed by atoms with Crippen LogP contribution < -0.4 is 0 Å². The lowest BCUT2D eigenvalue weighted by Crippen LogP contribution is -2.48. The molecule has 0 bridgehead atoms. The van der Waals surface area contributed by atoms with Crippen molar-refractivity contribution in [3.63, 3.8) is 0 Å². The topological polar surface area (TPSA) is 49.8 Å². The lowest BCUT2D eigenvalue weighted by atomic mass is 10.2. The molecule has 1 aromatic rings. The number of thiophene rings is 1. The standard InChI is InChI=1S/C15H19NO3S/c1-11-8-16(9-12(2)19-11)15(18)13-7-14(20-10-13)5-3-4-6-17/h7,10-12,17H,4,6,8-9H2,1-2H3. The zero-order valence-electron chi connectivity index (χ0n) is 11.8. The first kappa shape index (κ1) is 15.0. The third-order valence-corrected chi connectivity index (χ3v) is 3.85. The van der Waals surface area contributed by atoms with E-state index in [1.54, 1.807) is 0 Å². The van der Waals surface area contributed by atoms with Gasteiger partial charge in [0.25, 0.3) is 5.91 Å². The fraction of sp³-hybridized carbons (Fsp3) is 0.533. The molecule has 0 saturated carbocycles. The predicted molar refractivity (Wildman–Crippen MR) is 78.8 cm³/mol. The van der Waals surface area contributed by atoms with Crippen LogP contribution in [0.2, 0.25) is 0 Å². The van der Waals surface area contributed by atoms with Crippen LogP contribution in [0.15, 0.2) is 11.4 Å². The van der Waals surface area contributed by atoms with Crippen molar-refractivity contribution < 1.29 is 14.6 Å². The first-order valence-electron chi connectivity index (χ1n) is 6.73. The van der Waals surface area contributed by atoms with Crippen LogP contribution in [0.5, 0.6) is 0 Å². The average molecular weight is 293 g/mol. The molecule has 1 aromatic heterocycles. The van der Waals surface area contributed by atoms with E-state index in [1.807, 2.05) is 30.2 Å². The summed E-state index contributed by atoms with van der Waals surface area (Å²) < 4.78 is 5.64. The summed E-state index contributed by atoms with van der Waals surface area (Å²) in [7, 11) is 0. The summed E-state index contributed by atoms with van der Waals surface area (Å²) in [6.45, 7) is 5.29. The van der Waals surface area contributed by atoms with Crippen molar-refractivity contribution >= 4 is 17.2 Å². The number of carbonyl (C=O) groups excluding carboxylic acids is 1. The number of amides is 1. The zero-order valence-corrected chi connectivity index (χ0v) is 12.6. The molecule has 2 atom stereocenters. The number of hydrogen-bond donors (Lipinski definition) is 1. The number of morpholine rings is 1. The number of aliphatic hydroxyl groups excluding tert-OH is 1. The monoisotopic (exact) mass is 293 g/mol. The first-order valence-corrected chi connectivity index (χ1v) is 7.61. The molecule has 5 heteroatoms. The van der Waals surface area contributed by atoms with Crippen molar-refractivity contribution in [1.82, 2.24) is 4.90 Å². The molecule has 20 heavy (non-hydrogen) atoms. The normalized spacial score (nSPS) is 22.2. The predicted octanol–water partition coefficient (Wildman–Crippen LogP) is 1.73. The summed E-state index contributed by atoms with van der Waals surface area (Å²) in [4.78, 5) is 15.1. The minimum absolute atomic E-state index is 0.0402. The molecule has 1 fully saturated rings. The Morgan fingerprint density at radius 1 is 1.50 bits per heavy atom. The second-order valence-corrected chi connectivity index (χ2v) is 5.85. The van der Waals surface area contributed by atoms with Gasteiger partial charge in [-0.3, -0.25) is 4.79 Å². The highest BCUT2D eigenvalue weighted by molar-refractivity contribution is 7.10. The summed E-state index contributed by atoms with van der Waals surface area (Å²) in [5.74, 6) is 5.86. The highest BCUT2D eigenvalue weighted by atomic mass is 32.1. The minimum atomic E-state index is 0.0402. The van der Waals surface area contributed by atoms with Crippen molar-refractivity contribution in [2.45, 2.75) is 32.5 Å². The van der Waals surface area contributed by atoms with E-state index in [0.717, 1.165) is 4.88 Å². The average Bonchev–Trinajstić information content (AvgIpc) is 2.86. The van der Waals surface area contributed by atoms with Gasteiger partial charge >= 0.3 is 0 Å². The maximum absolute atomic E-state index is 12.4. The fourth-order valence-electron chi connectivity index (χ4n) is 2.25. The molecular formula is C15H19NO3S. The van der Waals surface area contributed by atoms with Crippen LogP contribution in [0.1, 0.15) is 35.5 Å². The number of carbonyl (C=O) groups is 1. The molecule has 0 radical (unpaired) electrons. The van der Waals surface area contributed by atoms with E-state index >= 15 is 0 Å². The van der Waals surface area contributed by atoms with E-state index < -0.39 is 0 Å². The Labute approximate surface area is 123 Å². The number of aliphatic hydroxyl groups is 1. The summed E-state index contributed by atoms with van der Waals surface area (Å²) in [6.07, 6.45) is 0.606. The molecule has 108 valence electrons. The van der Waals surface area contributed by atoms with Crippen LogP contribution in [0.3, 0.4) is 0 Å². The molecule has 1 saturated heterocycles. The van der Waals surface area contributed by atoms with Crippen molar-refractivity contribution in [2.75, 3.05) is 19.7 Å². The zero-order chi connectivity index (χ0) is 14.5. The Morgan fingerprint density at radius 3 is 2.85 bits per heavy atom. The minimum Gasteiger partial charge on any atom is -0.395 e. The Morgan fingerprint density at radius 2 is 2.20 bits per heavy atom. The molecule has 0 aliphatic carbocycles. The molecule has 2 rings (SSSR count). The van der Waals surface area contributed by atoms with Crippen molar-refractivity contribution in [2.24, 2.45) is 0 Å². The lowest BCUT2D eigenvalue weighted by molar-refractivity contribution is -0.0586. The molecule has 1 aliphatic heterocycles. The third-order valence-electron chi connectivity index (χ3n) is 3.00. The van der Waals surface area contributed by atoms with Gasteiger partial charge in [-0.25, -0.2) is 0 Å². The smallest absolute Gasteiger partial charge is 0.254 e. The summed E-state index contributed by atoms with van der Waals surface area (Å²) >= 11 is 1.46. The van der Waals surface area contributed by atoms with E-state index in [9.17, 15) is 4.79 Å². The summed E-state index contributed by atoms with van der Waals surface area (Å²) in [5.41, 5.74) is 0.685. The molecular weight excluding hydrogens is 274 g/mol. The Balaban J connectivity index is 2.04. The highest BCUT2D eigenvalue weighted by Crippen LogP contribution is 2.18. The first-order chi connectivity index (χ1) is 9.60. The van der Waals surface area contributed by atoms with Gasteiger partial charge in [-0.05, 0) is 19.9 Å². The van der Waals surface area contributed by atoms with Crippen LogP contribution in [-0.4, -0.2) is 47.8 Å². The van der Waals surface area contributed by atoms with Gasteiger partial charge in [0.1, 0.15) is 0 Å². The second-order valence-electron chi connectivity index (χ2n) is 4.94. The summed E-state index contributed by atoms with van der Waals surface area (Å²) in [5, 5.41) is 10.5. The van der Waals surface area contributed by atoms with Crippen LogP contribution in [0, 0.1) is 11.8 Å². The highest BCUT2D eigenvalue weighted by Gasteiger charge is 2.26. The van der Waals surface area contributed by atoms with Crippen LogP contribution in [0.25, 0.3) is 0 Å². The number of rotatable bonds is 2. The Hall–Kier alpha value is -1.35. The maximum atomic E-state index is 12.4. The van der Waals surface area contributed by atoms with Gasteiger partial charge in [-0.2, -0.15) is 0 Å². The molecule has 0 spiro atoms. The molecule has 0 aromatic carbocycles. The third kappa shape index (κ3) is 3.83. The molecule has 2 unspecified atom stereocenters. The molecule has 1 N–H and O–H groups in total. The van der Waals surface area contributed by atoms with Crippen molar-refractivity contribution in [3.8, 4) is 11.8 Å². The van der Waals surface area contributed by atoms with E-state index in [0.29, 0.717) is 25.1 Å². The fourth-order valence-corrected chi connectivity index (χ4v) is 2.99. The van der Waals surface area contributed by atoms with Gasteiger partial charge in [-0.15, -0.1) is 11.3 Å². The molecule has 2 heterocycles. The Kier molecular flexibility index (Phi) is 5.18. The van der Waals surface area contributed by atoms with E-state index in [2.05, 4.69) is 11.8 Å². The number of nitrogens with zero attached hydrogens (tertiary/aromatic N) is 1. The largest absolute Gasteiger partial charge is 0.395 e. The van der Waals surface area contributed by atoms with Gasteiger partial charge < -0.3 is 14.7 Å². The number of hydrogen-bond acceptors (Lipinski definition) is 4. The molecule has 1 amide bonds. The van der Waals surface area contributed by atoms with Gasteiger partial charge in [0.05, 0.1) is 29.3 Å². The van der Waals surface area contributed by atoms with E-state index in [1.165, 1.54) is 11.3 Å². The second kappa shape index (κ2) is 6.89. The van der Waals surface area contributed by atoms with E-state index in [4.69, 9.17) is 9.84 Å². The molecule has 4 nitrogen and oxygen atoms in total. The van der Waals surface area contributed by atoms with Crippen LogP contribution in [-0.2, 0) is 4.74 Å². The number of ether oxygens (including phenoxy) is 1. The lowest BCUT2D eigenvalue weighted by Gasteiger charge is -2.35. The van der Waals surface area contributed by atoms with E-state index in [-0.39, 0.29) is 24.7 Å².